The lowest BCUT2D eigenvalue weighted by Gasteiger charge is -2.45. The van der Waals surface area contributed by atoms with Gasteiger partial charge in [-0.3, -0.25) is 9.80 Å². The molecule has 0 aromatic carbocycles. The van der Waals surface area contributed by atoms with E-state index in [9.17, 15) is 5.11 Å². The molecule has 0 unspecified atom stereocenters. The quantitative estimate of drug-likeness (QED) is 0.856. The molecule has 0 amide bonds. The Morgan fingerprint density at radius 1 is 0.913 bits per heavy atom. The van der Waals surface area contributed by atoms with Gasteiger partial charge in [-0.2, -0.15) is 0 Å². The minimum absolute atomic E-state index is 0.272. The Bertz CT molecular complexity index is 364. The van der Waals surface area contributed by atoms with E-state index in [1.54, 1.807) is 0 Å². The second-order valence-electron chi connectivity index (χ2n) is 10.4. The summed E-state index contributed by atoms with van der Waals surface area (Å²) in [6.07, 6.45) is 5.69. The van der Waals surface area contributed by atoms with E-state index < -0.39 is 5.60 Å². The van der Waals surface area contributed by atoms with Crippen molar-refractivity contribution in [1.29, 1.82) is 0 Å². The maximum absolute atomic E-state index is 11.0. The van der Waals surface area contributed by atoms with Crippen LogP contribution >= 0.6 is 0 Å². The Morgan fingerprint density at radius 2 is 1.43 bits per heavy atom. The molecular formula is C20H40N2O. The van der Waals surface area contributed by atoms with Crippen molar-refractivity contribution in [2.24, 2.45) is 11.3 Å². The third-order valence-corrected chi connectivity index (χ3v) is 5.78. The van der Waals surface area contributed by atoms with Crippen LogP contribution in [0, 0.1) is 11.3 Å². The van der Waals surface area contributed by atoms with Crippen molar-refractivity contribution < 1.29 is 5.11 Å². The minimum atomic E-state index is -0.432. The van der Waals surface area contributed by atoms with Crippen LogP contribution in [-0.2, 0) is 0 Å². The van der Waals surface area contributed by atoms with Gasteiger partial charge >= 0.3 is 0 Å². The summed E-state index contributed by atoms with van der Waals surface area (Å²) >= 11 is 0. The highest BCUT2D eigenvalue weighted by atomic mass is 16.3. The molecule has 2 rings (SSSR count). The van der Waals surface area contributed by atoms with E-state index >= 15 is 0 Å². The van der Waals surface area contributed by atoms with Gasteiger partial charge < -0.3 is 5.11 Å². The molecule has 0 atom stereocenters. The first-order valence-corrected chi connectivity index (χ1v) is 9.67. The maximum Gasteiger partial charge on any atom is 0.0774 e. The highest BCUT2D eigenvalue weighted by Crippen LogP contribution is 2.38. The molecule has 0 radical (unpaired) electrons. The number of hydrogen-bond donors (Lipinski definition) is 1. The van der Waals surface area contributed by atoms with E-state index in [1.807, 2.05) is 0 Å². The molecule has 0 aromatic heterocycles. The van der Waals surface area contributed by atoms with E-state index in [1.165, 1.54) is 19.3 Å². The molecule has 0 bridgehead atoms. The van der Waals surface area contributed by atoms with E-state index in [2.05, 4.69) is 51.3 Å². The van der Waals surface area contributed by atoms with Crippen LogP contribution in [0.25, 0.3) is 0 Å². The van der Waals surface area contributed by atoms with Gasteiger partial charge in [0.2, 0.25) is 0 Å². The number of piperazine rings is 1. The second kappa shape index (κ2) is 7.01. The second-order valence-corrected chi connectivity index (χ2v) is 10.4. The zero-order valence-electron chi connectivity index (χ0n) is 16.5. The van der Waals surface area contributed by atoms with Gasteiger partial charge in [0.25, 0.3) is 0 Å². The van der Waals surface area contributed by atoms with E-state index in [0.29, 0.717) is 5.41 Å². The SMILES string of the molecule is CC(C)(C)CC1CCC(O)(CN2CCN(C(C)(C)C)CC2)CC1. The van der Waals surface area contributed by atoms with Crippen LogP contribution < -0.4 is 0 Å². The van der Waals surface area contributed by atoms with E-state index in [-0.39, 0.29) is 5.54 Å². The molecule has 1 heterocycles. The van der Waals surface area contributed by atoms with Crippen molar-refractivity contribution in [3.8, 4) is 0 Å². The van der Waals surface area contributed by atoms with Crippen LogP contribution in [0.2, 0.25) is 0 Å². The average Bonchev–Trinajstić information content (AvgIpc) is 2.40. The number of hydrogen-bond acceptors (Lipinski definition) is 3. The van der Waals surface area contributed by atoms with Crippen molar-refractivity contribution in [3.63, 3.8) is 0 Å². The third-order valence-electron chi connectivity index (χ3n) is 5.78. The van der Waals surface area contributed by atoms with Crippen molar-refractivity contribution in [2.75, 3.05) is 32.7 Å². The predicted octanol–water partition coefficient (Wildman–Crippen LogP) is 3.76. The van der Waals surface area contributed by atoms with Crippen LogP contribution in [0.3, 0.4) is 0 Å². The highest BCUT2D eigenvalue weighted by Gasteiger charge is 2.37. The summed E-state index contributed by atoms with van der Waals surface area (Å²) in [5, 5.41) is 11.0. The van der Waals surface area contributed by atoms with Crippen molar-refractivity contribution in [3.05, 3.63) is 0 Å². The average molecular weight is 325 g/mol. The molecule has 136 valence electrons. The molecule has 0 spiro atoms. The molecule has 0 aromatic rings. The number of rotatable bonds is 3. The molecule has 1 aliphatic carbocycles. The maximum atomic E-state index is 11.0. The van der Waals surface area contributed by atoms with Gasteiger partial charge in [0.15, 0.2) is 0 Å². The molecule has 1 N–H and O–H groups in total. The molecular weight excluding hydrogens is 284 g/mol. The standard InChI is InChI=1S/C20H40N2O/c1-18(2,3)15-17-7-9-20(23,10-8-17)16-21-11-13-22(14-12-21)19(4,5)6/h17,23H,7-16H2,1-6H3. The summed E-state index contributed by atoms with van der Waals surface area (Å²) < 4.78 is 0. The largest absolute Gasteiger partial charge is 0.389 e. The van der Waals surface area contributed by atoms with Gasteiger partial charge in [-0.25, -0.2) is 0 Å². The molecule has 23 heavy (non-hydrogen) atoms. The summed E-state index contributed by atoms with van der Waals surface area (Å²) in [7, 11) is 0. The molecule has 1 saturated heterocycles. The van der Waals surface area contributed by atoms with Crippen LogP contribution in [0.4, 0.5) is 0 Å². The predicted molar refractivity (Wildman–Crippen MR) is 98.7 cm³/mol. The van der Waals surface area contributed by atoms with E-state index in [0.717, 1.165) is 51.5 Å². The summed E-state index contributed by atoms with van der Waals surface area (Å²) in [5.41, 5.74) is 0.260. The number of nitrogens with zero attached hydrogens (tertiary/aromatic N) is 2. The van der Waals surface area contributed by atoms with Gasteiger partial charge in [0.05, 0.1) is 5.60 Å². The Morgan fingerprint density at radius 3 is 1.87 bits per heavy atom. The first kappa shape index (κ1) is 19.2. The minimum Gasteiger partial charge on any atom is -0.389 e. The summed E-state index contributed by atoms with van der Waals surface area (Å²) in [6.45, 7) is 19.3. The molecule has 2 fully saturated rings. The van der Waals surface area contributed by atoms with Gasteiger partial charge in [-0.05, 0) is 64.2 Å². The lowest BCUT2D eigenvalue weighted by molar-refractivity contribution is -0.0527. The monoisotopic (exact) mass is 324 g/mol. The molecule has 3 nitrogen and oxygen atoms in total. The van der Waals surface area contributed by atoms with E-state index in [4.69, 9.17) is 0 Å². The third kappa shape index (κ3) is 6.03. The van der Waals surface area contributed by atoms with Gasteiger partial charge in [0.1, 0.15) is 0 Å². The van der Waals surface area contributed by atoms with Gasteiger partial charge in [0, 0.05) is 38.3 Å². The van der Waals surface area contributed by atoms with Crippen LogP contribution in [-0.4, -0.2) is 58.8 Å². The zero-order chi connectivity index (χ0) is 17.3. The van der Waals surface area contributed by atoms with Gasteiger partial charge in [-0.1, -0.05) is 20.8 Å². The van der Waals surface area contributed by atoms with Crippen LogP contribution in [0.1, 0.15) is 73.6 Å². The van der Waals surface area contributed by atoms with Crippen LogP contribution in [0.5, 0.6) is 0 Å². The summed E-state index contributed by atoms with van der Waals surface area (Å²) in [6, 6.07) is 0. The Labute approximate surface area is 144 Å². The highest BCUT2D eigenvalue weighted by molar-refractivity contribution is 4.91. The van der Waals surface area contributed by atoms with Crippen molar-refractivity contribution >= 4 is 0 Å². The fraction of sp³-hybridized carbons (Fsp3) is 1.00. The van der Waals surface area contributed by atoms with Crippen molar-refractivity contribution in [2.45, 2.75) is 84.8 Å². The van der Waals surface area contributed by atoms with Crippen LogP contribution in [0.15, 0.2) is 0 Å². The Balaban J connectivity index is 1.76. The first-order valence-electron chi connectivity index (χ1n) is 9.67. The Kier molecular flexibility index (Phi) is 5.86. The normalized spacial score (nSPS) is 32.2. The lowest BCUT2D eigenvalue weighted by atomic mass is 9.72. The number of β-amino-alcohol motifs (C(OH)–C–C–N with tert-alkyl or cyclic N) is 1. The fourth-order valence-electron chi connectivity index (χ4n) is 4.44. The summed E-state index contributed by atoms with van der Waals surface area (Å²) in [5.74, 6) is 0.813. The van der Waals surface area contributed by atoms with Gasteiger partial charge in [-0.15, -0.1) is 0 Å². The Hall–Kier alpha value is -0.120. The fourth-order valence-corrected chi connectivity index (χ4v) is 4.44. The number of aliphatic hydroxyl groups is 1. The summed E-state index contributed by atoms with van der Waals surface area (Å²) in [4.78, 5) is 5.06. The zero-order valence-corrected chi connectivity index (χ0v) is 16.5. The lowest BCUT2D eigenvalue weighted by Crippen LogP contribution is -2.56. The first-order chi connectivity index (χ1) is 10.5. The molecule has 2 aliphatic rings. The molecule has 1 aliphatic heterocycles. The van der Waals surface area contributed by atoms with Crippen molar-refractivity contribution in [1.82, 2.24) is 9.80 Å². The molecule has 1 saturated carbocycles. The topological polar surface area (TPSA) is 26.7 Å². The molecule has 3 heteroatoms. The smallest absolute Gasteiger partial charge is 0.0774 e.